The Hall–Kier alpha value is -3.97. The van der Waals surface area contributed by atoms with Crippen molar-refractivity contribution in [2.75, 3.05) is 16.3 Å². The van der Waals surface area contributed by atoms with Crippen LogP contribution in [0.1, 0.15) is 31.1 Å². The average Bonchev–Trinajstić information content (AvgIpc) is 2.75. The Morgan fingerprint density at radius 1 is 0.464 bits per heavy atom. The van der Waals surface area contributed by atoms with Gasteiger partial charge < -0.3 is 0 Å². The molecule has 0 bridgehead atoms. The summed E-state index contributed by atoms with van der Waals surface area (Å²) in [6.07, 6.45) is 2.34. The molecular weight excluding hydrogens is 356 g/mol. The largest absolute Gasteiger partial charge is 0.298 e. The van der Waals surface area contributed by atoms with Gasteiger partial charge >= 0.3 is 0 Å². The maximum absolute atomic E-state index is 10.8. The van der Waals surface area contributed by atoms with Crippen LogP contribution >= 0.6 is 0 Å². The van der Waals surface area contributed by atoms with E-state index in [1.165, 1.54) is 5.23 Å². The highest BCUT2D eigenvalue weighted by molar-refractivity contribution is 5.77. The van der Waals surface area contributed by atoms with Crippen molar-refractivity contribution in [2.45, 2.75) is 0 Å². The molecule has 0 fully saturated rings. The van der Waals surface area contributed by atoms with E-state index in [2.05, 4.69) is 16.3 Å². The van der Waals surface area contributed by atoms with Crippen molar-refractivity contribution in [1.29, 1.82) is 0 Å². The zero-order chi connectivity index (χ0) is 19.8. The third kappa shape index (κ3) is 5.03. The maximum Gasteiger partial charge on any atom is 0.150 e. The molecule has 7 heteroatoms. The van der Waals surface area contributed by atoms with Gasteiger partial charge in [-0.3, -0.25) is 30.7 Å². The predicted molar refractivity (Wildman–Crippen MR) is 108 cm³/mol. The van der Waals surface area contributed by atoms with Crippen molar-refractivity contribution in [3.05, 3.63) is 89.5 Å². The van der Waals surface area contributed by atoms with Gasteiger partial charge in [-0.1, -0.05) is 0 Å². The molecule has 0 aromatic heterocycles. The van der Waals surface area contributed by atoms with Crippen molar-refractivity contribution >= 4 is 35.9 Å². The molecule has 0 amide bonds. The predicted octanol–water partition coefficient (Wildman–Crippen LogP) is 3.81. The van der Waals surface area contributed by atoms with Crippen LogP contribution in [-0.4, -0.2) is 24.1 Å². The lowest BCUT2D eigenvalue weighted by molar-refractivity contribution is 0.111. The topological polar surface area (TPSA) is 90.5 Å². The van der Waals surface area contributed by atoms with E-state index in [-0.39, 0.29) is 0 Å². The number of aldehydes is 3. The van der Waals surface area contributed by atoms with Gasteiger partial charge in [-0.2, -0.15) is 0 Å². The lowest BCUT2D eigenvalue weighted by Gasteiger charge is -2.27. The maximum atomic E-state index is 10.8. The molecule has 140 valence electrons. The Kier molecular flexibility index (Phi) is 6.12. The van der Waals surface area contributed by atoms with E-state index in [1.807, 2.05) is 0 Å². The van der Waals surface area contributed by atoms with Crippen LogP contribution in [0.5, 0.6) is 0 Å². The second kappa shape index (κ2) is 9.11. The Bertz CT molecular complexity index is 812. The van der Waals surface area contributed by atoms with Crippen molar-refractivity contribution in [1.82, 2.24) is 5.23 Å². The number of hydrogen-bond acceptors (Lipinski definition) is 7. The minimum atomic E-state index is 0.576. The van der Waals surface area contributed by atoms with Crippen molar-refractivity contribution in [3.8, 4) is 0 Å². The number of benzene rings is 3. The van der Waals surface area contributed by atoms with Crippen LogP contribution in [0.15, 0.2) is 72.8 Å². The summed E-state index contributed by atoms with van der Waals surface area (Å²) in [5.41, 5.74) is 13.4. The summed E-state index contributed by atoms with van der Waals surface area (Å²) in [6, 6.07) is 20.8. The summed E-state index contributed by atoms with van der Waals surface area (Å²) in [7, 11) is 0. The quantitative estimate of drug-likeness (QED) is 0.388. The van der Waals surface area contributed by atoms with Gasteiger partial charge in [0.05, 0.1) is 17.1 Å². The molecule has 3 rings (SSSR count). The molecule has 0 spiro atoms. The van der Waals surface area contributed by atoms with Crippen molar-refractivity contribution < 1.29 is 14.4 Å². The van der Waals surface area contributed by atoms with Crippen LogP contribution < -0.4 is 16.3 Å². The normalized spacial score (nSPS) is 10.2. The van der Waals surface area contributed by atoms with Crippen LogP contribution in [0, 0.1) is 0 Å². The number of hydrogen-bond donors (Lipinski definition) is 3. The third-order valence-electron chi connectivity index (χ3n) is 3.86. The first kappa shape index (κ1) is 18.8. The lowest BCUT2D eigenvalue weighted by atomic mass is 10.2. The number of anilines is 3. The van der Waals surface area contributed by atoms with Gasteiger partial charge in [0.1, 0.15) is 18.9 Å². The molecule has 0 radical (unpaired) electrons. The molecule has 0 aliphatic carbocycles. The first-order valence-corrected chi connectivity index (χ1v) is 8.46. The molecule has 7 nitrogen and oxygen atoms in total. The zero-order valence-electron chi connectivity index (χ0n) is 14.8. The fourth-order valence-corrected chi connectivity index (χ4v) is 2.38. The highest BCUT2D eigenvalue weighted by Gasteiger charge is 2.06. The monoisotopic (exact) mass is 374 g/mol. The molecule has 0 atom stereocenters. The molecule has 0 saturated heterocycles. The van der Waals surface area contributed by atoms with Crippen molar-refractivity contribution in [2.24, 2.45) is 0 Å². The number of rotatable bonds is 9. The summed E-state index contributed by atoms with van der Waals surface area (Å²) < 4.78 is 0. The summed E-state index contributed by atoms with van der Waals surface area (Å²) in [6.45, 7) is 0. The molecule has 0 aliphatic rings. The van der Waals surface area contributed by atoms with E-state index in [0.717, 1.165) is 35.9 Å². The molecule has 3 aromatic carbocycles. The van der Waals surface area contributed by atoms with E-state index in [1.54, 1.807) is 72.8 Å². The molecule has 3 N–H and O–H groups in total. The van der Waals surface area contributed by atoms with Crippen LogP contribution in [0.25, 0.3) is 0 Å². The van der Waals surface area contributed by atoms with Gasteiger partial charge in [-0.25, -0.2) is 0 Å². The first-order valence-electron chi connectivity index (χ1n) is 8.46. The number of carbonyl (C=O) groups is 3. The number of nitrogens with one attached hydrogen (secondary N) is 3. The Morgan fingerprint density at radius 3 is 0.929 bits per heavy atom. The fourth-order valence-electron chi connectivity index (χ4n) is 2.38. The molecule has 3 aromatic rings. The smallest absolute Gasteiger partial charge is 0.150 e. The number of carbonyl (C=O) groups excluding carboxylic acids is 3. The van der Waals surface area contributed by atoms with Gasteiger partial charge in [0.25, 0.3) is 0 Å². The first-order chi connectivity index (χ1) is 13.7. The molecule has 0 heterocycles. The summed E-state index contributed by atoms with van der Waals surface area (Å²) in [4.78, 5) is 32.5. The van der Waals surface area contributed by atoms with E-state index in [4.69, 9.17) is 0 Å². The van der Waals surface area contributed by atoms with Gasteiger partial charge in [0, 0.05) is 16.7 Å². The minimum Gasteiger partial charge on any atom is -0.298 e. The van der Waals surface area contributed by atoms with Crippen molar-refractivity contribution in [3.63, 3.8) is 0 Å². The van der Waals surface area contributed by atoms with E-state index >= 15 is 0 Å². The highest BCUT2D eigenvalue weighted by atomic mass is 16.1. The molecule has 0 unspecified atom stereocenters. The zero-order valence-corrected chi connectivity index (χ0v) is 14.8. The molecule has 28 heavy (non-hydrogen) atoms. The van der Waals surface area contributed by atoms with Crippen LogP contribution in [-0.2, 0) is 0 Å². The lowest BCUT2D eigenvalue weighted by Crippen LogP contribution is -2.40. The van der Waals surface area contributed by atoms with Gasteiger partial charge in [-0.05, 0) is 78.0 Å². The third-order valence-corrected chi connectivity index (χ3v) is 3.86. The molecule has 0 saturated carbocycles. The average molecular weight is 374 g/mol. The van der Waals surface area contributed by atoms with Crippen LogP contribution in [0.2, 0.25) is 0 Å². The summed E-state index contributed by atoms with van der Waals surface area (Å²) in [5, 5.41) is 1.53. The highest BCUT2D eigenvalue weighted by Crippen LogP contribution is 2.15. The summed E-state index contributed by atoms with van der Waals surface area (Å²) >= 11 is 0. The minimum absolute atomic E-state index is 0.576. The Morgan fingerprint density at radius 2 is 0.714 bits per heavy atom. The second-order valence-corrected chi connectivity index (χ2v) is 5.89. The molecular formula is C21H18N4O3. The SMILES string of the molecule is O=Cc1ccc(NN(Nc2ccc(C=O)cc2)Nc2ccc(C=O)cc2)cc1. The van der Waals surface area contributed by atoms with E-state index in [9.17, 15) is 14.4 Å². The number of hydrazine groups is 3. The van der Waals surface area contributed by atoms with Gasteiger partial charge in [0.2, 0.25) is 0 Å². The Balaban J connectivity index is 1.78. The van der Waals surface area contributed by atoms with E-state index in [0.29, 0.717) is 16.7 Å². The number of nitrogens with zero attached hydrogens (tertiary/aromatic N) is 1. The van der Waals surface area contributed by atoms with Gasteiger partial charge in [0.15, 0.2) is 0 Å². The standard InChI is InChI=1S/C21H18N4O3/c26-13-16-1-7-19(8-2-16)22-25(23-20-9-3-17(14-27)4-10-20)24-21-11-5-18(15-28)6-12-21/h1-15,22-24H. The second-order valence-electron chi connectivity index (χ2n) is 5.89. The van der Waals surface area contributed by atoms with Crippen LogP contribution in [0.3, 0.4) is 0 Å². The fraction of sp³-hybridized carbons (Fsp3) is 0. The van der Waals surface area contributed by atoms with Gasteiger partial charge in [-0.15, -0.1) is 0 Å². The summed E-state index contributed by atoms with van der Waals surface area (Å²) in [5.74, 6) is 0. The van der Waals surface area contributed by atoms with E-state index < -0.39 is 0 Å². The molecule has 0 aliphatic heterocycles. The van der Waals surface area contributed by atoms with Crippen LogP contribution in [0.4, 0.5) is 17.1 Å². The Labute approximate surface area is 161 Å².